The van der Waals surface area contributed by atoms with Gasteiger partial charge in [0.05, 0.1) is 30.5 Å². The van der Waals surface area contributed by atoms with Crippen LogP contribution in [0.3, 0.4) is 0 Å². The van der Waals surface area contributed by atoms with Crippen LogP contribution in [0.4, 0.5) is 5.69 Å². The minimum absolute atomic E-state index is 0.00707. The number of hydrogen-bond acceptors (Lipinski definition) is 9. The Labute approximate surface area is 195 Å². The Morgan fingerprint density at radius 3 is 2.70 bits per heavy atom. The number of anilines is 1. The quantitative estimate of drug-likeness (QED) is 0.581. The first-order valence-corrected chi connectivity index (χ1v) is 11.6. The molecule has 1 amide bonds. The summed E-state index contributed by atoms with van der Waals surface area (Å²) < 4.78 is 4.68. The molecule has 3 N–H and O–H groups in total. The van der Waals surface area contributed by atoms with Gasteiger partial charge >= 0.3 is 5.97 Å². The average Bonchev–Trinajstić information content (AvgIpc) is 3.47. The predicted octanol–water partition coefficient (Wildman–Crippen LogP) is 2.45. The topological polar surface area (TPSA) is 98.3 Å². The van der Waals surface area contributed by atoms with Gasteiger partial charge in [0, 0.05) is 18.1 Å². The molecule has 3 atom stereocenters. The second kappa shape index (κ2) is 9.16. The van der Waals surface area contributed by atoms with Crippen molar-refractivity contribution in [2.45, 2.75) is 24.7 Å². The van der Waals surface area contributed by atoms with Crippen LogP contribution in [-0.2, 0) is 9.53 Å². The zero-order valence-corrected chi connectivity index (χ0v) is 18.8. The van der Waals surface area contributed by atoms with Crippen molar-refractivity contribution in [2.24, 2.45) is 5.10 Å². The number of amides is 1. The van der Waals surface area contributed by atoms with E-state index < -0.39 is 5.97 Å². The molecule has 5 rings (SSSR count). The molecule has 2 aromatic carbocycles. The van der Waals surface area contributed by atoms with Gasteiger partial charge in [0.2, 0.25) is 5.91 Å². The molecule has 3 unspecified atom stereocenters. The molecule has 10 heteroatoms. The number of hydrazine groups is 1. The molecule has 0 spiro atoms. The number of hydrazone groups is 1. The van der Waals surface area contributed by atoms with E-state index in [1.807, 2.05) is 18.5 Å². The number of esters is 1. The molecular weight excluding hydrogens is 440 g/mol. The SMILES string of the molecule is COC(=O)c1ccc(NC(=O)CSC2=NNC3C4CC(c5ccccc5)NN4C=CN23)cc1. The summed E-state index contributed by atoms with van der Waals surface area (Å²) in [6.07, 6.45) is 4.96. The lowest BCUT2D eigenvalue weighted by molar-refractivity contribution is -0.113. The summed E-state index contributed by atoms with van der Waals surface area (Å²) in [5.74, 6) is -0.341. The number of carbonyl (C=O) groups is 2. The van der Waals surface area contributed by atoms with Crippen molar-refractivity contribution in [1.29, 1.82) is 0 Å². The zero-order valence-electron chi connectivity index (χ0n) is 18.0. The molecule has 0 bridgehead atoms. The van der Waals surface area contributed by atoms with Crippen molar-refractivity contribution in [2.75, 3.05) is 18.2 Å². The number of thioether (sulfide) groups is 1. The Morgan fingerprint density at radius 2 is 1.94 bits per heavy atom. The van der Waals surface area contributed by atoms with Gasteiger partial charge in [-0.25, -0.2) is 10.2 Å². The molecule has 0 aromatic heterocycles. The van der Waals surface area contributed by atoms with Gasteiger partial charge in [0.25, 0.3) is 0 Å². The summed E-state index contributed by atoms with van der Waals surface area (Å²) in [4.78, 5) is 26.0. The van der Waals surface area contributed by atoms with E-state index in [9.17, 15) is 9.59 Å². The van der Waals surface area contributed by atoms with E-state index in [2.05, 4.69) is 60.2 Å². The molecule has 170 valence electrons. The van der Waals surface area contributed by atoms with Gasteiger partial charge in [-0.1, -0.05) is 42.1 Å². The standard InChI is InChI=1S/C23H24N6O3S/c1-32-22(31)16-7-9-17(10-8-16)24-20(30)14-33-23-26-25-21-19-13-18(15-5-3-2-4-6-15)27-29(19)12-11-28(21)23/h2-12,18-19,21,25,27H,13-14H2,1H3,(H,24,30). The highest BCUT2D eigenvalue weighted by Gasteiger charge is 2.44. The Balaban J connectivity index is 1.15. The number of nitrogens with zero attached hydrogens (tertiary/aromatic N) is 3. The molecular formula is C23H24N6O3S. The van der Waals surface area contributed by atoms with Crippen LogP contribution in [0, 0.1) is 0 Å². The Kier molecular flexibility index (Phi) is 5.93. The number of amidine groups is 1. The molecule has 1 saturated heterocycles. The fraction of sp³-hybridized carbons (Fsp3) is 0.261. The van der Waals surface area contributed by atoms with Crippen molar-refractivity contribution >= 4 is 34.5 Å². The third-order valence-electron chi connectivity index (χ3n) is 5.83. The summed E-state index contributed by atoms with van der Waals surface area (Å²) in [6, 6.07) is 17.5. The van der Waals surface area contributed by atoms with Crippen molar-refractivity contribution in [3.8, 4) is 0 Å². The summed E-state index contributed by atoms with van der Waals surface area (Å²) in [6.45, 7) is 0. The number of nitrogens with one attached hydrogen (secondary N) is 3. The number of ether oxygens (including phenoxy) is 1. The summed E-state index contributed by atoms with van der Waals surface area (Å²) in [5, 5.41) is 10.2. The van der Waals surface area contributed by atoms with E-state index in [4.69, 9.17) is 0 Å². The molecule has 2 aromatic rings. The third kappa shape index (κ3) is 4.39. The Morgan fingerprint density at radius 1 is 1.15 bits per heavy atom. The molecule has 1 fully saturated rings. The maximum Gasteiger partial charge on any atom is 0.337 e. The highest BCUT2D eigenvalue weighted by Crippen LogP contribution is 2.35. The first-order chi connectivity index (χ1) is 16.1. The number of benzene rings is 2. The van der Waals surface area contributed by atoms with E-state index in [0.717, 1.165) is 11.6 Å². The second-order valence-electron chi connectivity index (χ2n) is 7.88. The smallest absolute Gasteiger partial charge is 0.337 e. The third-order valence-corrected chi connectivity index (χ3v) is 6.80. The predicted molar refractivity (Wildman–Crippen MR) is 127 cm³/mol. The number of hydrogen-bond donors (Lipinski definition) is 3. The number of fused-ring (bicyclic) bond motifs is 3. The molecule has 3 aliphatic rings. The lowest BCUT2D eigenvalue weighted by atomic mass is 10.00. The second-order valence-corrected chi connectivity index (χ2v) is 8.82. The number of methoxy groups -OCH3 is 1. The molecule has 0 saturated carbocycles. The normalized spacial score (nSPS) is 22.8. The van der Waals surface area contributed by atoms with Gasteiger partial charge in [-0.3, -0.25) is 10.2 Å². The highest BCUT2D eigenvalue weighted by atomic mass is 32.2. The molecule has 9 nitrogen and oxygen atoms in total. The van der Waals surface area contributed by atoms with Gasteiger partial charge in [-0.05, 0) is 36.2 Å². The van der Waals surface area contributed by atoms with Crippen molar-refractivity contribution in [3.63, 3.8) is 0 Å². The lowest BCUT2D eigenvalue weighted by Gasteiger charge is -2.36. The fourth-order valence-corrected chi connectivity index (χ4v) is 4.96. The van der Waals surface area contributed by atoms with Crippen LogP contribution in [-0.4, -0.2) is 52.0 Å². The van der Waals surface area contributed by atoms with Crippen molar-refractivity contribution in [1.82, 2.24) is 20.8 Å². The molecule has 0 aliphatic carbocycles. The first-order valence-electron chi connectivity index (χ1n) is 10.6. The van der Waals surface area contributed by atoms with Crippen LogP contribution in [0.25, 0.3) is 0 Å². The van der Waals surface area contributed by atoms with Crippen molar-refractivity contribution < 1.29 is 14.3 Å². The van der Waals surface area contributed by atoms with Gasteiger partial charge in [0.15, 0.2) is 5.17 Å². The average molecular weight is 465 g/mol. The Bertz CT molecular complexity index is 1090. The van der Waals surface area contributed by atoms with E-state index in [-0.39, 0.29) is 29.9 Å². The van der Waals surface area contributed by atoms with Crippen LogP contribution in [0.5, 0.6) is 0 Å². The minimum Gasteiger partial charge on any atom is -0.465 e. The highest BCUT2D eigenvalue weighted by molar-refractivity contribution is 8.14. The number of carbonyl (C=O) groups excluding carboxylic acids is 2. The minimum atomic E-state index is -0.412. The van der Waals surface area contributed by atoms with Gasteiger partial charge in [-0.15, -0.1) is 0 Å². The van der Waals surface area contributed by atoms with E-state index >= 15 is 0 Å². The van der Waals surface area contributed by atoms with E-state index in [0.29, 0.717) is 11.3 Å². The fourth-order valence-electron chi connectivity index (χ4n) is 4.19. The summed E-state index contributed by atoms with van der Waals surface area (Å²) in [7, 11) is 1.33. The lowest BCUT2D eigenvalue weighted by Crippen LogP contribution is -2.54. The molecule has 3 aliphatic heterocycles. The van der Waals surface area contributed by atoms with Crippen LogP contribution < -0.4 is 16.2 Å². The van der Waals surface area contributed by atoms with Gasteiger partial charge < -0.3 is 20.0 Å². The van der Waals surface area contributed by atoms with E-state index in [1.165, 1.54) is 24.4 Å². The summed E-state index contributed by atoms with van der Waals surface area (Å²) >= 11 is 1.38. The van der Waals surface area contributed by atoms with Crippen molar-refractivity contribution in [3.05, 3.63) is 78.1 Å². The zero-order chi connectivity index (χ0) is 22.8. The first kappa shape index (κ1) is 21.4. The monoisotopic (exact) mass is 464 g/mol. The maximum absolute atomic E-state index is 12.4. The molecule has 33 heavy (non-hydrogen) atoms. The Hall–Kier alpha value is -3.50. The molecule has 3 heterocycles. The van der Waals surface area contributed by atoms with E-state index in [1.54, 1.807) is 24.3 Å². The summed E-state index contributed by atoms with van der Waals surface area (Å²) in [5.41, 5.74) is 9.11. The molecule has 0 radical (unpaired) electrons. The number of rotatable bonds is 5. The van der Waals surface area contributed by atoms with Crippen LogP contribution >= 0.6 is 11.8 Å². The van der Waals surface area contributed by atoms with Crippen LogP contribution in [0.2, 0.25) is 0 Å². The van der Waals surface area contributed by atoms with Gasteiger partial charge in [0.1, 0.15) is 6.17 Å². The van der Waals surface area contributed by atoms with Crippen LogP contribution in [0.15, 0.2) is 72.1 Å². The largest absolute Gasteiger partial charge is 0.465 e. The van der Waals surface area contributed by atoms with Crippen LogP contribution in [0.1, 0.15) is 28.4 Å². The van der Waals surface area contributed by atoms with Gasteiger partial charge in [-0.2, -0.15) is 5.10 Å². The maximum atomic E-state index is 12.4.